The van der Waals surface area contributed by atoms with E-state index in [0.717, 1.165) is 6.42 Å². The molecule has 0 radical (unpaired) electrons. The summed E-state index contributed by atoms with van der Waals surface area (Å²) in [6.45, 7) is 4.42. The van der Waals surface area contributed by atoms with E-state index in [9.17, 15) is 4.79 Å². The molecule has 2 rings (SSSR count). The SMILES string of the molecule is CC1(C)CCC(=O)C=C1Sc1ccccc1. The molecule has 0 fully saturated rings. The van der Waals surface area contributed by atoms with E-state index in [1.807, 2.05) is 24.3 Å². The van der Waals surface area contributed by atoms with Gasteiger partial charge >= 0.3 is 0 Å². The van der Waals surface area contributed by atoms with Crippen molar-refractivity contribution in [2.45, 2.75) is 31.6 Å². The molecule has 0 amide bonds. The third-order valence-electron chi connectivity index (χ3n) is 2.93. The van der Waals surface area contributed by atoms with E-state index in [1.54, 1.807) is 11.8 Å². The highest BCUT2D eigenvalue weighted by Gasteiger charge is 2.29. The van der Waals surface area contributed by atoms with Crippen LogP contribution < -0.4 is 0 Å². The second-order valence-electron chi connectivity index (χ2n) is 4.77. The highest BCUT2D eigenvalue weighted by Crippen LogP contribution is 2.44. The summed E-state index contributed by atoms with van der Waals surface area (Å²) in [5.41, 5.74) is 0.133. The van der Waals surface area contributed by atoms with Crippen molar-refractivity contribution >= 4 is 17.5 Å². The minimum atomic E-state index is 0.133. The predicted molar refractivity (Wildman–Crippen MR) is 68.4 cm³/mol. The van der Waals surface area contributed by atoms with Crippen molar-refractivity contribution < 1.29 is 4.79 Å². The molecule has 2 heteroatoms. The molecule has 0 atom stereocenters. The minimum Gasteiger partial charge on any atom is -0.295 e. The van der Waals surface area contributed by atoms with Gasteiger partial charge in [0.05, 0.1) is 0 Å². The van der Waals surface area contributed by atoms with Crippen LogP contribution in [0.1, 0.15) is 26.7 Å². The van der Waals surface area contributed by atoms with Crippen LogP contribution in [0.25, 0.3) is 0 Å². The number of rotatable bonds is 2. The van der Waals surface area contributed by atoms with E-state index in [-0.39, 0.29) is 11.2 Å². The molecule has 0 heterocycles. The lowest BCUT2D eigenvalue weighted by Gasteiger charge is -2.30. The maximum Gasteiger partial charge on any atom is 0.156 e. The molecule has 16 heavy (non-hydrogen) atoms. The van der Waals surface area contributed by atoms with Crippen LogP contribution in [-0.4, -0.2) is 5.78 Å². The van der Waals surface area contributed by atoms with Crippen molar-refractivity contribution in [3.63, 3.8) is 0 Å². The number of allylic oxidation sites excluding steroid dienone is 2. The Kier molecular flexibility index (Phi) is 3.20. The number of benzene rings is 1. The number of hydrogen-bond acceptors (Lipinski definition) is 2. The van der Waals surface area contributed by atoms with Gasteiger partial charge in [-0.25, -0.2) is 0 Å². The van der Waals surface area contributed by atoms with Gasteiger partial charge in [0.1, 0.15) is 0 Å². The van der Waals surface area contributed by atoms with Crippen molar-refractivity contribution in [3.05, 3.63) is 41.3 Å². The van der Waals surface area contributed by atoms with Crippen molar-refractivity contribution in [2.75, 3.05) is 0 Å². The van der Waals surface area contributed by atoms with Gasteiger partial charge < -0.3 is 0 Å². The molecule has 0 saturated carbocycles. The zero-order valence-corrected chi connectivity index (χ0v) is 10.5. The summed E-state index contributed by atoms with van der Waals surface area (Å²) >= 11 is 1.72. The first-order chi connectivity index (χ1) is 7.58. The van der Waals surface area contributed by atoms with E-state index in [4.69, 9.17) is 0 Å². The molecule has 1 nitrogen and oxygen atoms in total. The summed E-state index contributed by atoms with van der Waals surface area (Å²) in [7, 11) is 0. The van der Waals surface area contributed by atoms with Crippen LogP contribution in [0.2, 0.25) is 0 Å². The van der Waals surface area contributed by atoms with Crippen LogP contribution in [0, 0.1) is 5.41 Å². The normalized spacial score (nSPS) is 19.4. The summed E-state index contributed by atoms with van der Waals surface area (Å²) in [6.07, 6.45) is 3.46. The van der Waals surface area contributed by atoms with Crippen LogP contribution in [-0.2, 0) is 4.79 Å². The minimum absolute atomic E-state index is 0.133. The Morgan fingerprint density at radius 3 is 2.56 bits per heavy atom. The van der Waals surface area contributed by atoms with Crippen LogP contribution in [0.15, 0.2) is 46.2 Å². The highest BCUT2D eigenvalue weighted by molar-refractivity contribution is 8.03. The van der Waals surface area contributed by atoms with Crippen LogP contribution in [0.4, 0.5) is 0 Å². The first-order valence-corrected chi connectivity index (χ1v) is 6.37. The lowest BCUT2D eigenvalue weighted by Crippen LogP contribution is -2.20. The van der Waals surface area contributed by atoms with E-state index in [0.29, 0.717) is 6.42 Å². The fourth-order valence-electron chi connectivity index (χ4n) is 1.76. The molecule has 0 N–H and O–H groups in total. The smallest absolute Gasteiger partial charge is 0.156 e. The summed E-state index contributed by atoms with van der Waals surface area (Å²) in [5, 5.41) is 0. The molecule has 1 aromatic rings. The van der Waals surface area contributed by atoms with Gasteiger partial charge in [-0.15, -0.1) is 0 Å². The average molecular weight is 232 g/mol. The van der Waals surface area contributed by atoms with E-state index in [2.05, 4.69) is 26.0 Å². The topological polar surface area (TPSA) is 17.1 Å². The van der Waals surface area contributed by atoms with Gasteiger partial charge in [-0.2, -0.15) is 0 Å². The Bertz CT molecular complexity index is 418. The lowest BCUT2D eigenvalue weighted by molar-refractivity contribution is -0.115. The summed E-state index contributed by atoms with van der Waals surface area (Å²) in [6, 6.07) is 10.2. The molecule has 1 aliphatic carbocycles. The quantitative estimate of drug-likeness (QED) is 0.765. The standard InChI is InChI=1S/C14H16OS/c1-14(2)9-8-11(15)10-13(14)16-12-6-4-3-5-7-12/h3-7,10H,8-9H2,1-2H3. The van der Waals surface area contributed by atoms with Gasteiger partial charge in [0.15, 0.2) is 5.78 Å². The molecule has 0 spiro atoms. The van der Waals surface area contributed by atoms with Gasteiger partial charge in [-0.3, -0.25) is 4.79 Å². The third kappa shape index (κ3) is 2.56. The van der Waals surface area contributed by atoms with Gasteiger partial charge in [0.25, 0.3) is 0 Å². The fraction of sp³-hybridized carbons (Fsp3) is 0.357. The molecule has 84 valence electrons. The van der Waals surface area contributed by atoms with Crippen molar-refractivity contribution in [3.8, 4) is 0 Å². The highest BCUT2D eigenvalue weighted by atomic mass is 32.2. The Morgan fingerprint density at radius 1 is 1.19 bits per heavy atom. The molecule has 0 unspecified atom stereocenters. The number of carbonyl (C=O) groups excluding carboxylic acids is 1. The molecular formula is C14H16OS. The molecular weight excluding hydrogens is 216 g/mol. The maximum absolute atomic E-state index is 11.5. The number of hydrogen-bond donors (Lipinski definition) is 0. The number of thioether (sulfide) groups is 1. The van der Waals surface area contributed by atoms with Gasteiger partial charge in [-0.05, 0) is 34.9 Å². The molecule has 0 saturated heterocycles. The van der Waals surface area contributed by atoms with Crippen molar-refractivity contribution in [1.29, 1.82) is 0 Å². The predicted octanol–water partition coefficient (Wildman–Crippen LogP) is 4.05. The van der Waals surface area contributed by atoms with Gasteiger partial charge in [-0.1, -0.05) is 43.8 Å². The Balaban J connectivity index is 2.23. The largest absolute Gasteiger partial charge is 0.295 e. The number of carbonyl (C=O) groups is 1. The Morgan fingerprint density at radius 2 is 1.88 bits per heavy atom. The monoisotopic (exact) mass is 232 g/mol. The molecule has 1 aliphatic rings. The second kappa shape index (κ2) is 4.46. The maximum atomic E-state index is 11.5. The second-order valence-corrected chi connectivity index (χ2v) is 5.89. The summed E-state index contributed by atoms with van der Waals surface area (Å²) in [4.78, 5) is 13.9. The zero-order chi connectivity index (χ0) is 11.6. The number of ketones is 1. The van der Waals surface area contributed by atoms with E-state index < -0.39 is 0 Å². The first-order valence-electron chi connectivity index (χ1n) is 5.56. The zero-order valence-electron chi connectivity index (χ0n) is 9.69. The Labute approximate surface area is 101 Å². The van der Waals surface area contributed by atoms with Gasteiger partial charge in [0.2, 0.25) is 0 Å². The summed E-state index contributed by atoms with van der Waals surface area (Å²) in [5.74, 6) is 0.262. The fourth-order valence-corrected chi connectivity index (χ4v) is 2.87. The lowest BCUT2D eigenvalue weighted by atomic mass is 9.82. The third-order valence-corrected chi connectivity index (χ3v) is 4.32. The average Bonchev–Trinajstić information content (AvgIpc) is 2.26. The van der Waals surface area contributed by atoms with E-state index >= 15 is 0 Å². The molecule has 1 aromatic carbocycles. The molecule has 0 aromatic heterocycles. The first kappa shape index (κ1) is 11.5. The van der Waals surface area contributed by atoms with Crippen molar-refractivity contribution in [1.82, 2.24) is 0 Å². The van der Waals surface area contributed by atoms with Gasteiger partial charge in [0, 0.05) is 11.3 Å². The van der Waals surface area contributed by atoms with Crippen LogP contribution in [0.3, 0.4) is 0 Å². The van der Waals surface area contributed by atoms with Crippen LogP contribution >= 0.6 is 11.8 Å². The van der Waals surface area contributed by atoms with E-state index in [1.165, 1.54) is 9.80 Å². The molecule has 0 aliphatic heterocycles. The summed E-state index contributed by atoms with van der Waals surface area (Å²) < 4.78 is 0. The molecule has 0 bridgehead atoms. The van der Waals surface area contributed by atoms with Crippen molar-refractivity contribution in [2.24, 2.45) is 5.41 Å². The Hall–Kier alpha value is -1.02. The van der Waals surface area contributed by atoms with Crippen LogP contribution in [0.5, 0.6) is 0 Å².